The molecule has 0 fully saturated rings. The molecule has 0 saturated heterocycles. The van der Waals surface area contributed by atoms with Gasteiger partial charge in [0.2, 0.25) is 0 Å². The summed E-state index contributed by atoms with van der Waals surface area (Å²) >= 11 is 4.88. The highest BCUT2D eigenvalue weighted by Gasteiger charge is 2.23. The van der Waals surface area contributed by atoms with Crippen molar-refractivity contribution < 1.29 is 14.7 Å². The van der Waals surface area contributed by atoms with Crippen molar-refractivity contribution in [3.05, 3.63) is 17.0 Å². The highest BCUT2D eigenvalue weighted by Crippen LogP contribution is 2.15. The van der Waals surface area contributed by atoms with Gasteiger partial charge in [0.15, 0.2) is 0 Å². The van der Waals surface area contributed by atoms with Crippen LogP contribution in [-0.4, -0.2) is 32.6 Å². The Labute approximate surface area is 98.2 Å². The van der Waals surface area contributed by atoms with Gasteiger partial charge in [-0.25, -0.2) is 4.79 Å². The number of carbonyl (C=O) groups excluding carboxylic acids is 1. The summed E-state index contributed by atoms with van der Waals surface area (Å²) < 4.78 is 6.32. The van der Waals surface area contributed by atoms with Crippen molar-refractivity contribution in [1.82, 2.24) is 15.3 Å². The molecule has 1 aromatic rings. The van der Waals surface area contributed by atoms with Gasteiger partial charge in [0, 0.05) is 7.05 Å². The van der Waals surface area contributed by atoms with E-state index in [0.717, 1.165) is 0 Å². The van der Waals surface area contributed by atoms with Gasteiger partial charge in [-0.15, -0.1) is 0 Å². The van der Waals surface area contributed by atoms with Crippen LogP contribution >= 0.6 is 12.2 Å². The van der Waals surface area contributed by atoms with Crippen molar-refractivity contribution in [1.29, 1.82) is 0 Å². The number of nitrogens with zero attached hydrogens (tertiary/aromatic N) is 2. The summed E-state index contributed by atoms with van der Waals surface area (Å²) in [6.07, 6.45) is 0. The molecule has 1 heterocycles. The SMILES string of the molecule is CCOC(=O)c1c(C)nn(C)c1C(=S)NO. The fourth-order valence-electron chi connectivity index (χ4n) is 1.42. The number of nitrogens with one attached hydrogen (secondary N) is 1. The highest BCUT2D eigenvalue weighted by molar-refractivity contribution is 7.80. The van der Waals surface area contributed by atoms with E-state index < -0.39 is 5.97 Å². The van der Waals surface area contributed by atoms with Gasteiger partial charge in [-0.3, -0.25) is 15.4 Å². The summed E-state index contributed by atoms with van der Waals surface area (Å²) in [4.78, 5) is 11.7. The zero-order valence-electron chi connectivity index (χ0n) is 9.27. The molecule has 0 aliphatic heterocycles. The van der Waals surface area contributed by atoms with Gasteiger partial charge in [0.05, 0.1) is 12.3 Å². The zero-order chi connectivity index (χ0) is 12.3. The second-order valence-corrected chi connectivity index (χ2v) is 3.50. The summed E-state index contributed by atoms with van der Waals surface area (Å²) in [6.45, 7) is 3.66. The first-order valence-electron chi connectivity index (χ1n) is 4.68. The summed E-state index contributed by atoms with van der Waals surface area (Å²) in [5.74, 6) is -0.499. The number of thiocarbonyl (C=S) groups is 1. The minimum Gasteiger partial charge on any atom is -0.462 e. The Balaban J connectivity index is 3.25. The molecule has 2 N–H and O–H groups in total. The molecule has 0 aromatic carbocycles. The van der Waals surface area contributed by atoms with E-state index in [4.69, 9.17) is 22.2 Å². The number of aromatic nitrogens is 2. The number of ether oxygens (including phenoxy) is 1. The number of hydroxylamine groups is 1. The van der Waals surface area contributed by atoms with Crippen LogP contribution in [0.1, 0.15) is 28.7 Å². The van der Waals surface area contributed by atoms with Crippen molar-refractivity contribution >= 4 is 23.2 Å². The minimum absolute atomic E-state index is 0.0335. The van der Waals surface area contributed by atoms with Gasteiger partial charge in [-0.1, -0.05) is 12.2 Å². The van der Waals surface area contributed by atoms with E-state index >= 15 is 0 Å². The van der Waals surface area contributed by atoms with E-state index in [9.17, 15) is 4.79 Å². The van der Waals surface area contributed by atoms with Gasteiger partial charge in [-0.05, 0) is 13.8 Å². The lowest BCUT2D eigenvalue weighted by atomic mass is 10.2. The fraction of sp³-hybridized carbons (Fsp3) is 0.444. The third kappa shape index (κ3) is 2.20. The third-order valence-corrected chi connectivity index (χ3v) is 2.30. The van der Waals surface area contributed by atoms with Crippen LogP contribution in [-0.2, 0) is 11.8 Å². The predicted octanol–water partition coefficient (Wildman–Crippen LogP) is 0.560. The fourth-order valence-corrected chi connectivity index (χ4v) is 1.65. The molecule has 0 amide bonds. The molecule has 0 saturated carbocycles. The third-order valence-electron chi connectivity index (χ3n) is 2.02. The van der Waals surface area contributed by atoms with Crippen LogP contribution in [0, 0.1) is 6.92 Å². The number of rotatable bonds is 3. The largest absolute Gasteiger partial charge is 0.462 e. The molecule has 16 heavy (non-hydrogen) atoms. The monoisotopic (exact) mass is 243 g/mol. The van der Waals surface area contributed by atoms with Crippen molar-refractivity contribution in [2.45, 2.75) is 13.8 Å². The Morgan fingerprint density at radius 2 is 2.31 bits per heavy atom. The molecule has 7 heteroatoms. The molecule has 0 aliphatic carbocycles. The summed E-state index contributed by atoms with van der Waals surface area (Å²) in [6, 6.07) is 0. The second kappa shape index (κ2) is 5.04. The van der Waals surface area contributed by atoms with Crippen LogP contribution in [0.4, 0.5) is 0 Å². The van der Waals surface area contributed by atoms with Gasteiger partial charge in [0.1, 0.15) is 16.2 Å². The molecule has 0 atom stereocenters. The maximum Gasteiger partial charge on any atom is 0.342 e. The number of hydrogen-bond donors (Lipinski definition) is 2. The van der Waals surface area contributed by atoms with Crippen molar-refractivity contribution in [2.75, 3.05) is 6.61 Å². The summed E-state index contributed by atoms with van der Waals surface area (Å²) in [5, 5.41) is 12.8. The first-order valence-corrected chi connectivity index (χ1v) is 5.08. The van der Waals surface area contributed by atoms with Gasteiger partial charge >= 0.3 is 5.97 Å². The summed E-state index contributed by atoms with van der Waals surface area (Å²) in [5.41, 5.74) is 2.96. The van der Waals surface area contributed by atoms with Gasteiger partial charge in [-0.2, -0.15) is 5.10 Å². The number of aryl methyl sites for hydroxylation is 2. The van der Waals surface area contributed by atoms with Gasteiger partial charge in [0.25, 0.3) is 0 Å². The molecule has 1 rings (SSSR count). The van der Waals surface area contributed by atoms with Crippen LogP contribution in [0.5, 0.6) is 0 Å². The maximum absolute atomic E-state index is 11.7. The average Bonchev–Trinajstić information content (AvgIpc) is 2.53. The molecule has 0 radical (unpaired) electrons. The quantitative estimate of drug-likeness (QED) is 0.459. The molecular weight excluding hydrogens is 230 g/mol. The highest BCUT2D eigenvalue weighted by atomic mass is 32.1. The van der Waals surface area contributed by atoms with E-state index in [-0.39, 0.29) is 17.2 Å². The van der Waals surface area contributed by atoms with Crippen LogP contribution in [0.3, 0.4) is 0 Å². The lowest BCUT2D eigenvalue weighted by Crippen LogP contribution is -2.23. The Morgan fingerprint density at radius 3 is 2.81 bits per heavy atom. The minimum atomic E-state index is -0.499. The maximum atomic E-state index is 11.7. The lowest BCUT2D eigenvalue weighted by molar-refractivity contribution is 0.0525. The summed E-state index contributed by atoms with van der Waals surface area (Å²) in [7, 11) is 1.63. The molecule has 88 valence electrons. The molecule has 1 aromatic heterocycles. The number of esters is 1. The Hall–Kier alpha value is -1.47. The molecular formula is C9H13N3O3S. The standard InChI is InChI=1S/C9H13N3O3S/c1-4-15-9(13)6-5(2)10-12(3)7(6)8(16)11-14/h14H,4H2,1-3H3,(H,11,16). The molecule has 0 unspecified atom stereocenters. The topological polar surface area (TPSA) is 76.4 Å². The predicted molar refractivity (Wildman–Crippen MR) is 60.5 cm³/mol. The van der Waals surface area contributed by atoms with E-state index in [2.05, 4.69) is 5.10 Å². The van der Waals surface area contributed by atoms with Crippen LogP contribution in [0.15, 0.2) is 0 Å². The lowest BCUT2D eigenvalue weighted by Gasteiger charge is -2.06. The Bertz CT molecular complexity index is 428. The number of carbonyl (C=O) groups is 1. The van der Waals surface area contributed by atoms with Crippen LogP contribution in [0.2, 0.25) is 0 Å². The van der Waals surface area contributed by atoms with Crippen LogP contribution in [0.25, 0.3) is 0 Å². The smallest absolute Gasteiger partial charge is 0.342 e. The number of hydrogen-bond acceptors (Lipinski definition) is 5. The Kier molecular flexibility index (Phi) is 3.97. The van der Waals surface area contributed by atoms with Crippen molar-refractivity contribution in [2.24, 2.45) is 7.05 Å². The first-order chi connectivity index (χ1) is 7.52. The second-order valence-electron chi connectivity index (χ2n) is 3.09. The van der Waals surface area contributed by atoms with Gasteiger partial charge < -0.3 is 4.74 Å². The van der Waals surface area contributed by atoms with Crippen LogP contribution < -0.4 is 5.48 Å². The first kappa shape index (κ1) is 12.6. The molecule has 0 aliphatic rings. The normalized spacial score (nSPS) is 10.0. The molecule has 0 spiro atoms. The van der Waals surface area contributed by atoms with E-state index in [0.29, 0.717) is 11.4 Å². The Morgan fingerprint density at radius 1 is 1.69 bits per heavy atom. The van der Waals surface area contributed by atoms with E-state index in [1.807, 2.05) is 5.48 Å². The average molecular weight is 243 g/mol. The van der Waals surface area contributed by atoms with E-state index in [1.54, 1.807) is 20.9 Å². The zero-order valence-corrected chi connectivity index (χ0v) is 10.1. The van der Waals surface area contributed by atoms with E-state index in [1.165, 1.54) is 4.68 Å². The van der Waals surface area contributed by atoms with Crippen molar-refractivity contribution in [3.63, 3.8) is 0 Å². The molecule has 0 bridgehead atoms. The molecule has 6 nitrogen and oxygen atoms in total. The van der Waals surface area contributed by atoms with Crippen molar-refractivity contribution in [3.8, 4) is 0 Å².